The molecule has 0 spiro atoms. The standard InChI is InChI=1S/C36H43N5O.C2H6/c1-7-31(36(32(8-2)24-37)39-35-16-15-34-23-33(27(35)5)17-18-38-34)14-13-29-9-11-30(12-10-29)25-40-19-21-41(22-20-40)28(6)42-26(3)4;1-2/h7-18,23,26,34,38-39H,1,6,19-22,25H2,2-5H3;1-2H3/b14-13+,32-8-,36-31-;. The van der Waals surface area contributed by atoms with Gasteiger partial charge in [0.25, 0.3) is 0 Å². The molecule has 1 saturated heterocycles. The summed E-state index contributed by atoms with van der Waals surface area (Å²) < 4.78 is 5.77. The van der Waals surface area contributed by atoms with Crippen LogP contribution in [0.2, 0.25) is 0 Å². The van der Waals surface area contributed by atoms with Crippen LogP contribution in [0.5, 0.6) is 0 Å². The molecule has 2 heterocycles. The molecule has 1 fully saturated rings. The minimum Gasteiger partial charge on any atom is -0.477 e. The summed E-state index contributed by atoms with van der Waals surface area (Å²) in [7, 11) is 0. The Morgan fingerprint density at radius 3 is 2.48 bits per heavy atom. The van der Waals surface area contributed by atoms with E-state index in [2.05, 4.69) is 101 Å². The fourth-order valence-corrected chi connectivity index (χ4v) is 5.15. The average molecular weight is 592 g/mol. The molecule has 6 heteroatoms. The molecular weight excluding hydrogens is 542 g/mol. The minimum atomic E-state index is 0.147. The minimum absolute atomic E-state index is 0.147. The Hall–Kier alpha value is -4.47. The van der Waals surface area contributed by atoms with E-state index in [1.165, 1.54) is 5.56 Å². The van der Waals surface area contributed by atoms with Gasteiger partial charge in [-0.1, -0.05) is 81.1 Å². The number of benzene rings is 1. The van der Waals surface area contributed by atoms with Crippen LogP contribution in [0.15, 0.2) is 126 Å². The van der Waals surface area contributed by atoms with Crippen molar-refractivity contribution < 1.29 is 4.74 Å². The smallest absolute Gasteiger partial charge is 0.182 e. The number of hydrogen-bond acceptors (Lipinski definition) is 6. The zero-order valence-corrected chi connectivity index (χ0v) is 27.4. The summed E-state index contributed by atoms with van der Waals surface area (Å²) in [6.07, 6.45) is 18.3. The largest absolute Gasteiger partial charge is 0.477 e. The maximum absolute atomic E-state index is 9.93. The monoisotopic (exact) mass is 591 g/mol. The molecular formula is C38H49N5O. The van der Waals surface area contributed by atoms with Crippen LogP contribution in [0.4, 0.5) is 0 Å². The number of nitrogens with zero attached hydrogens (tertiary/aromatic N) is 3. The zero-order chi connectivity index (χ0) is 32.1. The lowest BCUT2D eigenvalue weighted by Crippen LogP contribution is -2.45. The van der Waals surface area contributed by atoms with Gasteiger partial charge >= 0.3 is 0 Å². The molecule has 1 aromatic carbocycles. The molecule has 2 bridgehead atoms. The van der Waals surface area contributed by atoms with Crippen LogP contribution in [0, 0.1) is 11.3 Å². The molecule has 232 valence electrons. The van der Waals surface area contributed by atoms with Crippen LogP contribution < -0.4 is 10.6 Å². The maximum atomic E-state index is 9.93. The van der Waals surface area contributed by atoms with Crippen molar-refractivity contribution in [3.63, 3.8) is 0 Å². The van der Waals surface area contributed by atoms with E-state index >= 15 is 0 Å². The van der Waals surface area contributed by atoms with Crippen molar-refractivity contribution in [3.05, 3.63) is 137 Å². The van der Waals surface area contributed by atoms with Crippen LogP contribution in [-0.4, -0.2) is 48.1 Å². The quantitative estimate of drug-likeness (QED) is 0.158. The summed E-state index contributed by atoms with van der Waals surface area (Å²) >= 11 is 0. The van der Waals surface area contributed by atoms with Crippen LogP contribution in [-0.2, 0) is 11.3 Å². The molecule has 0 saturated carbocycles. The molecule has 1 aliphatic carbocycles. The van der Waals surface area contributed by atoms with Gasteiger partial charge in [0.1, 0.15) is 6.07 Å². The third kappa shape index (κ3) is 9.26. The lowest BCUT2D eigenvalue weighted by atomic mass is 10.0. The molecule has 1 atom stereocenters. The predicted molar refractivity (Wildman–Crippen MR) is 185 cm³/mol. The van der Waals surface area contributed by atoms with Gasteiger partial charge in [0.2, 0.25) is 0 Å². The number of ether oxygens (including phenoxy) is 1. The predicted octanol–water partition coefficient (Wildman–Crippen LogP) is 7.50. The molecule has 3 aliphatic rings. The summed E-state index contributed by atoms with van der Waals surface area (Å²) in [5.41, 5.74) is 7.75. The van der Waals surface area contributed by atoms with Crippen molar-refractivity contribution in [2.75, 3.05) is 26.2 Å². The Morgan fingerprint density at radius 1 is 1.16 bits per heavy atom. The molecule has 44 heavy (non-hydrogen) atoms. The van der Waals surface area contributed by atoms with E-state index in [-0.39, 0.29) is 12.1 Å². The van der Waals surface area contributed by atoms with Gasteiger partial charge in [-0.2, -0.15) is 5.26 Å². The van der Waals surface area contributed by atoms with Gasteiger partial charge in [-0.05, 0) is 80.5 Å². The first kappa shape index (κ1) is 34.0. The first-order chi connectivity index (χ1) is 21.3. The van der Waals surface area contributed by atoms with E-state index in [0.29, 0.717) is 5.57 Å². The number of rotatable bonds is 11. The van der Waals surface area contributed by atoms with E-state index in [9.17, 15) is 5.26 Å². The van der Waals surface area contributed by atoms with Gasteiger partial charge in [0.05, 0.1) is 23.4 Å². The molecule has 2 aliphatic heterocycles. The second-order valence-corrected chi connectivity index (χ2v) is 10.9. The third-order valence-corrected chi connectivity index (χ3v) is 7.60. The lowest BCUT2D eigenvalue weighted by Gasteiger charge is -2.36. The van der Waals surface area contributed by atoms with E-state index in [4.69, 9.17) is 4.74 Å². The number of hydrogen-bond donors (Lipinski definition) is 2. The molecule has 0 aromatic heterocycles. The Labute approximate surface area is 265 Å². The Bertz CT molecular complexity index is 1420. The molecule has 4 rings (SSSR count). The number of dihydropyridines is 1. The van der Waals surface area contributed by atoms with Crippen molar-refractivity contribution in [1.82, 2.24) is 20.4 Å². The highest BCUT2D eigenvalue weighted by atomic mass is 16.5. The van der Waals surface area contributed by atoms with E-state index < -0.39 is 0 Å². The zero-order valence-electron chi connectivity index (χ0n) is 27.4. The van der Waals surface area contributed by atoms with Gasteiger partial charge in [0.15, 0.2) is 5.88 Å². The first-order valence-electron chi connectivity index (χ1n) is 15.7. The van der Waals surface area contributed by atoms with Crippen LogP contribution >= 0.6 is 0 Å². The molecule has 6 nitrogen and oxygen atoms in total. The fraction of sp³-hybridized carbons (Fsp3) is 0.342. The maximum Gasteiger partial charge on any atom is 0.182 e. The summed E-state index contributed by atoms with van der Waals surface area (Å²) in [5, 5.41) is 16.8. The Balaban J connectivity index is 0.00000259. The normalized spacial score (nSPS) is 18.9. The van der Waals surface area contributed by atoms with E-state index in [1.54, 1.807) is 6.08 Å². The summed E-state index contributed by atoms with van der Waals surface area (Å²) in [5.74, 6) is 0.773. The Morgan fingerprint density at radius 2 is 1.86 bits per heavy atom. The number of nitrogens with one attached hydrogen (secondary N) is 2. The van der Waals surface area contributed by atoms with Gasteiger partial charge < -0.3 is 20.3 Å². The molecule has 1 unspecified atom stereocenters. The van der Waals surface area contributed by atoms with Crippen LogP contribution in [0.3, 0.4) is 0 Å². The van der Waals surface area contributed by atoms with Crippen molar-refractivity contribution in [1.29, 1.82) is 5.26 Å². The number of nitriles is 1. The average Bonchev–Trinajstić information content (AvgIpc) is 3.14. The van der Waals surface area contributed by atoms with Crippen molar-refractivity contribution in [2.24, 2.45) is 0 Å². The van der Waals surface area contributed by atoms with Crippen molar-refractivity contribution >= 4 is 6.08 Å². The topological polar surface area (TPSA) is 63.6 Å². The van der Waals surface area contributed by atoms with Crippen LogP contribution in [0.1, 0.15) is 52.7 Å². The van der Waals surface area contributed by atoms with E-state index in [1.807, 2.05) is 53.0 Å². The molecule has 0 radical (unpaired) electrons. The highest BCUT2D eigenvalue weighted by Gasteiger charge is 2.20. The summed E-state index contributed by atoms with van der Waals surface area (Å²) in [6.45, 7) is 24.9. The highest BCUT2D eigenvalue weighted by Crippen LogP contribution is 2.25. The molecule has 0 amide bonds. The SMILES string of the molecule is C=CC(/C=C/c1ccc(CN2CCN(C(=C)OC(C)C)CC2)cc1)=C(NC1=C(C)C2=CC(C=C1)NC=C2)\C(C#N)=C/C.CC. The number of piperazine rings is 1. The van der Waals surface area contributed by atoms with Crippen molar-refractivity contribution in [3.8, 4) is 6.07 Å². The number of fused-ring (bicyclic) bond motifs is 1. The molecule has 1 aromatic rings. The van der Waals surface area contributed by atoms with Crippen molar-refractivity contribution in [2.45, 2.75) is 60.2 Å². The lowest BCUT2D eigenvalue weighted by molar-refractivity contribution is 0.0432. The second kappa shape index (κ2) is 17.0. The van der Waals surface area contributed by atoms with E-state index in [0.717, 1.165) is 72.3 Å². The van der Waals surface area contributed by atoms with Crippen LogP contribution in [0.25, 0.3) is 6.08 Å². The Kier molecular flexibility index (Phi) is 13.1. The highest BCUT2D eigenvalue weighted by molar-refractivity contribution is 5.60. The van der Waals surface area contributed by atoms with Gasteiger partial charge in [-0.25, -0.2) is 0 Å². The van der Waals surface area contributed by atoms with Gasteiger partial charge in [-0.3, -0.25) is 4.90 Å². The van der Waals surface area contributed by atoms with Gasteiger partial charge in [0, 0.05) is 38.4 Å². The third-order valence-electron chi connectivity index (χ3n) is 7.60. The second-order valence-electron chi connectivity index (χ2n) is 10.9. The first-order valence-corrected chi connectivity index (χ1v) is 15.7. The summed E-state index contributed by atoms with van der Waals surface area (Å²) in [6, 6.07) is 11.2. The molecule has 2 N–H and O–H groups in total. The van der Waals surface area contributed by atoms with Gasteiger partial charge in [-0.15, -0.1) is 0 Å². The number of allylic oxidation sites excluding steroid dienone is 9. The summed E-state index contributed by atoms with van der Waals surface area (Å²) in [4.78, 5) is 4.69. The fourth-order valence-electron chi connectivity index (χ4n) is 5.15.